The zero-order valence-corrected chi connectivity index (χ0v) is 19.0. The minimum Gasteiger partial charge on any atom is -0.356 e. The van der Waals surface area contributed by atoms with Gasteiger partial charge in [0.25, 0.3) is 0 Å². The summed E-state index contributed by atoms with van der Waals surface area (Å²) in [4.78, 5) is 15.2. The molecular formula is C26H44N2O. The highest BCUT2D eigenvalue weighted by atomic mass is 16.1. The summed E-state index contributed by atoms with van der Waals surface area (Å²) in [5.74, 6) is 7.53. The van der Waals surface area contributed by atoms with Gasteiger partial charge in [-0.05, 0) is 120 Å². The van der Waals surface area contributed by atoms with Crippen LogP contribution in [0.2, 0.25) is 0 Å². The van der Waals surface area contributed by atoms with E-state index in [1.54, 1.807) is 0 Å². The molecule has 7 unspecified atom stereocenters. The highest BCUT2D eigenvalue weighted by Gasteiger charge is 2.53. The third-order valence-corrected chi connectivity index (χ3v) is 10.4. The maximum absolute atomic E-state index is 12.9. The van der Waals surface area contributed by atoms with Crippen molar-refractivity contribution in [1.29, 1.82) is 0 Å². The van der Waals surface area contributed by atoms with E-state index < -0.39 is 0 Å². The number of carbonyl (C=O) groups excluding carboxylic acids is 1. The number of nitrogens with one attached hydrogen (secondary N) is 1. The van der Waals surface area contributed by atoms with Crippen molar-refractivity contribution < 1.29 is 4.79 Å². The van der Waals surface area contributed by atoms with Crippen LogP contribution in [0.15, 0.2) is 0 Å². The quantitative estimate of drug-likeness (QED) is 0.712. The Bertz CT molecular complexity index is 575. The van der Waals surface area contributed by atoms with E-state index in [0.717, 1.165) is 60.8 Å². The van der Waals surface area contributed by atoms with Gasteiger partial charge in [-0.2, -0.15) is 0 Å². The average molecular weight is 401 g/mol. The molecule has 5 fully saturated rings. The van der Waals surface area contributed by atoms with Gasteiger partial charge < -0.3 is 10.2 Å². The maximum atomic E-state index is 12.9. The SMILES string of the molecule is CN(C)C1CCC(C(=O)NCC2CCC3CCC4CCCC5CCC2C3C45)CC1. The van der Waals surface area contributed by atoms with Crippen LogP contribution in [0, 0.1) is 47.3 Å². The molecule has 5 aliphatic rings. The molecule has 0 aliphatic heterocycles. The Morgan fingerprint density at radius 3 is 2.07 bits per heavy atom. The second kappa shape index (κ2) is 8.52. The van der Waals surface area contributed by atoms with Crippen LogP contribution in [0.3, 0.4) is 0 Å². The Morgan fingerprint density at radius 2 is 1.38 bits per heavy atom. The Balaban J connectivity index is 1.18. The van der Waals surface area contributed by atoms with Crippen molar-refractivity contribution in [3.8, 4) is 0 Å². The van der Waals surface area contributed by atoms with E-state index in [0.29, 0.717) is 11.9 Å². The molecule has 0 aromatic rings. The second-order valence-corrected chi connectivity index (χ2v) is 11.7. The Kier molecular flexibility index (Phi) is 5.97. The van der Waals surface area contributed by atoms with Crippen LogP contribution >= 0.6 is 0 Å². The van der Waals surface area contributed by atoms with Crippen molar-refractivity contribution >= 4 is 5.91 Å². The average Bonchev–Trinajstić information content (AvgIpc) is 2.76. The molecule has 1 N–H and O–H groups in total. The summed E-state index contributed by atoms with van der Waals surface area (Å²) in [7, 11) is 4.36. The molecule has 3 heteroatoms. The number of hydrogen-bond donors (Lipinski definition) is 1. The molecule has 5 aliphatic carbocycles. The molecule has 1 amide bonds. The fourth-order valence-electron chi connectivity index (χ4n) is 8.90. The van der Waals surface area contributed by atoms with Crippen LogP contribution in [0.1, 0.15) is 83.5 Å². The molecule has 0 aromatic carbocycles. The molecule has 5 saturated carbocycles. The summed E-state index contributed by atoms with van der Waals surface area (Å²) in [6.07, 6.45) is 17.9. The van der Waals surface area contributed by atoms with Crippen molar-refractivity contribution in [2.75, 3.05) is 20.6 Å². The lowest BCUT2D eigenvalue weighted by Crippen LogP contribution is -2.53. The lowest BCUT2D eigenvalue weighted by Gasteiger charge is -2.59. The van der Waals surface area contributed by atoms with Gasteiger partial charge in [0.05, 0.1) is 0 Å². The summed E-state index contributed by atoms with van der Waals surface area (Å²) < 4.78 is 0. The molecule has 5 rings (SSSR count). The van der Waals surface area contributed by atoms with E-state index in [-0.39, 0.29) is 5.92 Å². The van der Waals surface area contributed by atoms with Crippen molar-refractivity contribution in [1.82, 2.24) is 10.2 Å². The lowest BCUT2D eigenvalue weighted by molar-refractivity contribution is -0.127. The standard InChI is InChI=1S/C26H44N2O/c1-28(2)22-13-10-20(11-14-22)26(29)27-16-21-9-8-19-7-6-17-4-3-5-18-12-15-23(21)25(19)24(17)18/h17-25H,3-16H2,1-2H3,(H,27,29). The van der Waals surface area contributed by atoms with E-state index in [9.17, 15) is 4.79 Å². The Hall–Kier alpha value is -0.570. The first-order chi connectivity index (χ1) is 14.1. The smallest absolute Gasteiger partial charge is 0.223 e. The lowest BCUT2D eigenvalue weighted by atomic mass is 9.46. The number of rotatable bonds is 4. The van der Waals surface area contributed by atoms with Gasteiger partial charge in [0.1, 0.15) is 0 Å². The molecule has 29 heavy (non-hydrogen) atoms. The minimum atomic E-state index is 0.274. The highest BCUT2D eigenvalue weighted by molar-refractivity contribution is 5.78. The second-order valence-electron chi connectivity index (χ2n) is 11.7. The van der Waals surface area contributed by atoms with E-state index in [4.69, 9.17) is 0 Å². The summed E-state index contributed by atoms with van der Waals surface area (Å²) in [5.41, 5.74) is 0. The zero-order chi connectivity index (χ0) is 20.0. The number of hydrogen-bond acceptors (Lipinski definition) is 2. The fraction of sp³-hybridized carbons (Fsp3) is 0.962. The van der Waals surface area contributed by atoms with Crippen molar-refractivity contribution in [3.05, 3.63) is 0 Å². The number of nitrogens with zero attached hydrogens (tertiary/aromatic N) is 1. The Labute approximate surface area is 178 Å². The first-order valence-electron chi connectivity index (χ1n) is 13.1. The summed E-state index contributed by atoms with van der Waals surface area (Å²) in [5, 5.41) is 3.46. The molecule has 0 aromatic heterocycles. The van der Waals surface area contributed by atoms with E-state index in [1.807, 2.05) is 0 Å². The van der Waals surface area contributed by atoms with Gasteiger partial charge in [-0.15, -0.1) is 0 Å². The summed E-state index contributed by atoms with van der Waals surface area (Å²) in [6.45, 7) is 0.975. The number of amides is 1. The van der Waals surface area contributed by atoms with Gasteiger partial charge >= 0.3 is 0 Å². The molecular weight excluding hydrogens is 356 g/mol. The third kappa shape index (κ3) is 3.90. The van der Waals surface area contributed by atoms with Crippen LogP contribution in [-0.4, -0.2) is 37.5 Å². The van der Waals surface area contributed by atoms with Crippen LogP contribution in [-0.2, 0) is 4.79 Å². The Morgan fingerprint density at radius 1 is 0.759 bits per heavy atom. The molecule has 7 atom stereocenters. The molecule has 0 spiro atoms. The van der Waals surface area contributed by atoms with Crippen LogP contribution < -0.4 is 5.32 Å². The highest BCUT2D eigenvalue weighted by Crippen LogP contribution is 2.60. The fourth-order valence-corrected chi connectivity index (χ4v) is 8.90. The topological polar surface area (TPSA) is 32.3 Å². The van der Waals surface area contributed by atoms with Crippen molar-refractivity contribution in [2.45, 2.75) is 89.5 Å². The van der Waals surface area contributed by atoms with Gasteiger partial charge in [-0.3, -0.25) is 4.79 Å². The first-order valence-corrected chi connectivity index (χ1v) is 13.1. The van der Waals surface area contributed by atoms with E-state index in [2.05, 4.69) is 24.3 Å². The van der Waals surface area contributed by atoms with Gasteiger partial charge in [0.2, 0.25) is 5.91 Å². The van der Waals surface area contributed by atoms with Gasteiger partial charge in [-0.1, -0.05) is 19.3 Å². The molecule has 0 radical (unpaired) electrons. The molecule has 3 nitrogen and oxygen atoms in total. The predicted molar refractivity (Wildman–Crippen MR) is 118 cm³/mol. The molecule has 0 saturated heterocycles. The third-order valence-electron chi connectivity index (χ3n) is 10.4. The number of carbonyl (C=O) groups is 1. The maximum Gasteiger partial charge on any atom is 0.223 e. The first kappa shape index (κ1) is 20.3. The van der Waals surface area contributed by atoms with E-state index >= 15 is 0 Å². The molecule has 0 bridgehead atoms. The van der Waals surface area contributed by atoms with Crippen LogP contribution in [0.4, 0.5) is 0 Å². The zero-order valence-electron chi connectivity index (χ0n) is 19.0. The van der Waals surface area contributed by atoms with Gasteiger partial charge in [0, 0.05) is 18.5 Å². The minimum absolute atomic E-state index is 0.274. The van der Waals surface area contributed by atoms with Gasteiger partial charge in [-0.25, -0.2) is 0 Å². The monoisotopic (exact) mass is 400 g/mol. The predicted octanol–water partition coefficient (Wildman–Crippen LogP) is 5.10. The van der Waals surface area contributed by atoms with E-state index in [1.165, 1.54) is 70.6 Å². The van der Waals surface area contributed by atoms with Crippen LogP contribution in [0.5, 0.6) is 0 Å². The van der Waals surface area contributed by atoms with Crippen LogP contribution in [0.25, 0.3) is 0 Å². The summed E-state index contributed by atoms with van der Waals surface area (Å²) in [6, 6.07) is 0.680. The molecule has 0 heterocycles. The summed E-state index contributed by atoms with van der Waals surface area (Å²) >= 11 is 0. The van der Waals surface area contributed by atoms with Gasteiger partial charge in [0.15, 0.2) is 0 Å². The largest absolute Gasteiger partial charge is 0.356 e. The van der Waals surface area contributed by atoms with Crippen molar-refractivity contribution in [2.24, 2.45) is 47.3 Å². The van der Waals surface area contributed by atoms with Crippen molar-refractivity contribution in [3.63, 3.8) is 0 Å². The normalized spacial score (nSPS) is 46.8. The molecule has 164 valence electrons.